The number of likely N-dealkylation sites (tertiary alicyclic amines) is 1. The minimum atomic E-state index is -0.644. The van der Waals surface area contributed by atoms with E-state index in [9.17, 15) is 9.59 Å². The van der Waals surface area contributed by atoms with E-state index in [1.54, 1.807) is 5.06 Å². The van der Waals surface area contributed by atoms with E-state index < -0.39 is 11.8 Å². The molecule has 0 amide bonds. The van der Waals surface area contributed by atoms with E-state index in [-0.39, 0.29) is 11.5 Å². The summed E-state index contributed by atoms with van der Waals surface area (Å²) >= 11 is 0. The molecule has 2 rings (SSSR count). The number of nitrogens with zero attached hydrogens (tertiary/aromatic N) is 3. The van der Waals surface area contributed by atoms with Crippen molar-refractivity contribution in [3.05, 3.63) is 0 Å². The fourth-order valence-electron chi connectivity index (χ4n) is 3.59. The summed E-state index contributed by atoms with van der Waals surface area (Å²) in [6, 6.07) is 0. The van der Waals surface area contributed by atoms with E-state index in [0.29, 0.717) is 26.2 Å². The molecule has 0 aromatic heterocycles. The number of carbonyl (C=O) groups excluding carboxylic acids is 2. The van der Waals surface area contributed by atoms with Crippen molar-refractivity contribution >= 4 is 12.1 Å². The lowest BCUT2D eigenvalue weighted by atomic mass is 9.87. The molecule has 8 nitrogen and oxygen atoms in total. The van der Waals surface area contributed by atoms with Gasteiger partial charge in [0.25, 0.3) is 0 Å². The molecule has 0 unspecified atom stereocenters. The number of piperidine rings is 1. The van der Waals surface area contributed by atoms with Gasteiger partial charge in [-0.1, -0.05) is 0 Å². The maximum Gasteiger partial charge on any atom is 0.528 e. The van der Waals surface area contributed by atoms with Gasteiger partial charge in [0, 0.05) is 44.8 Å². The van der Waals surface area contributed by atoms with Gasteiger partial charge in [-0.3, -0.25) is 14.6 Å². The number of piperazine rings is 1. The van der Waals surface area contributed by atoms with Gasteiger partial charge in [0.15, 0.2) is 0 Å². The fourth-order valence-corrected chi connectivity index (χ4v) is 3.59. The molecule has 0 aliphatic carbocycles. The van der Waals surface area contributed by atoms with Crippen molar-refractivity contribution in [1.29, 1.82) is 0 Å². The van der Waals surface area contributed by atoms with Crippen LogP contribution < -0.4 is 0 Å². The molecule has 0 radical (unpaired) electrons. The van der Waals surface area contributed by atoms with Crippen LogP contribution in [-0.2, 0) is 19.1 Å². The SMILES string of the molecule is CCOC(=O)CN1CCC(C)(N2CCN(OC(=O)OC(C)(C)C)CC2)CC1. The maximum absolute atomic E-state index is 11.8. The summed E-state index contributed by atoms with van der Waals surface area (Å²) in [6.45, 7) is 15.2. The first-order chi connectivity index (χ1) is 12.6. The van der Waals surface area contributed by atoms with E-state index in [4.69, 9.17) is 14.3 Å². The Morgan fingerprint density at radius 3 is 2.11 bits per heavy atom. The molecule has 2 heterocycles. The molecule has 27 heavy (non-hydrogen) atoms. The van der Waals surface area contributed by atoms with Gasteiger partial charge in [-0.05, 0) is 47.5 Å². The van der Waals surface area contributed by atoms with E-state index >= 15 is 0 Å². The second kappa shape index (κ2) is 9.21. The average Bonchev–Trinajstić information content (AvgIpc) is 2.56. The van der Waals surface area contributed by atoms with Crippen LogP contribution in [0.3, 0.4) is 0 Å². The largest absolute Gasteiger partial charge is 0.528 e. The van der Waals surface area contributed by atoms with Crippen LogP contribution in [0.25, 0.3) is 0 Å². The predicted octanol–water partition coefficient (Wildman–Crippen LogP) is 1.89. The number of hydrogen-bond acceptors (Lipinski definition) is 8. The lowest BCUT2D eigenvalue weighted by Crippen LogP contribution is -2.59. The van der Waals surface area contributed by atoms with Gasteiger partial charge in [0.1, 0.15) is 5.60 Å². The highest BCUT2D eigenvalue weighted by Crippen LogP contribution is 2.29. The van der Waals surface area contributed by atoms with Crippen molar-refractivity contribution in [3.8, 4) is 0 Å². The Hall–Kier alpha value is -1.38. The highest BCUT2D eigenvalue weighted by molar-refractivity contribution is 5.71. The summed E-state index contributed by atoms with van der Waals surface area (Å²) in [5, 5.41) is 1.68. The van der Waals surface area contributed by atoms with Gasteiger partial charge < -0.3 is 14.3 Å². The van der Waals surface area contributed by atoms with Crippen molar-refractivity contribution in [2.45, 2.75) is 58.6 Å². The zero-order valence-corrected chi connectivity index (χ0v) is 17.5. The van der Waals surface area contributed by atoms with Crippen molar-refractivity contribution in [2.75, 3.05) is 52.4 Å². The van der Waals surface area contributed by atoms with Crippen molar-refractivity contribution in [1.82, 2.24) is 14.9 Å². The summed E-state index contributed by atoms with van der Waals surface area (Å²) in [5.74, 6) is -0.144. The lowest BCUT2D eigenvalue weighted by Gasteiger charge is -2.49. The summed E-state index contributed by atoms with van der Waals surface area (Å²) in [5.41, 5.74) is -0.437. The zero-order chi connectivity index (χ0) is 20.1. The van der Waals surface area contributed by atoms with E-state index in [1.807, 2.05) is 27.7 Å². The van der Waals surface area contributed by atoms with Crippen LogP contribution in [0.2, 0.25) is 0 Å². The van der Waals surface area contributed by atoms with E-state index in [1.165, 1.54) is 0 Å². The quantitative estimate of drug-likeness (QED) is 0.665. The van der Waals surface area contributed by atoms with Gasteiger partial charge in [0.2, 0.25) is 0 Å². The summed E-state index contributed by atoms with van der Waals surface area (Å²) < 4.78 is 10.2. The molecule has 2 saturated heterocycles. The molecule has 2 aliphatic heterocycles. The van der Waals surface area contributed by atoms with Crippen molar-refractivity contribution in [2.24, 2.45) is 0 Å². The molecule has 156 valence electrons. The standard InChI is InChI=1S/C19H35N3O5/c1-6-25-16(23)15-20-9-7-19(5,8-10-20)21-11-13-22(14-12-21)27-17(24)26-18(2,3)4/h6-15H2,1-5H3. The third-order valence-corrected chi connectivity index (χ3v) is 5.19. The number of rotatable bonds is 5. The first-order valence-corrected chi connectivity index (χ1v) is 9.90. The lowest BCUT2D eigenvalue weighted by molar-refractivity contribution is -0.167. The normalized spacial score (nSPS) is 22.3. The third-order valence-electron chi connectivity index (χ3n) is 5.19. The van der Waals surface area contributed by atoms with Crippen molar-refractivity contribution in [3.63, 3.8) is 0 Å². The van der Waals surface area contributed by atoms with Gasteiger partial charge >= 0.3 is 12.1 Å². The Balaban J connectivity index is 1.74. The Morgan fingerprint density at radius 2 is 1.59 bits per heavy atom. The van der Waals surface area contributed by atoms with Gasteiger partial charge in [0.05, 0.1) is 13.2 Å². The number of hydroxylamine groups is 2. The van der Waals surface area contributed by atoms with Crippen LogP contribution in [0.1, 0.15) is 47.5 Å². The second-order valence-corrected chi connectivity index (χ2v) is 8.55. The molecule has 0 aromatic carbocycles. The molecule has 0 aromatic rings. The minimum absolute atomic E-state index is 0.114. The third kappa shape index (κ3) is 6.93. The molecular weight excluding hydrogens is 350 g/mol. The molecule has 8 heteroatoms. The first kappa shape index (κ1) is 21.9. The molecule has 2 fully saturated rings. The molecule has 0 N–H and O–H groups in total. The Morgan fingerprint density at radius 1 is 1.00 bits per heavy atom. The molecular formula is C19H35N3O5. The summed E-state index contributed by atoms with van der Waals surface area (Å²) in [7, 11) is 0. The number of hydrogen-bond donors (Lipinski definition) is 0. The molecule has 0 bridgehead atoms. The first-order valence-electron chi connectivity index (χ1n) is 9.90. The van der Waals surface area contributed by atoms with Crippen molar-refractivity contribution < 1.29 is 23.9 Å². The number of ether oxygens (including phenoxy) is 2. The Labute approximate surface area is 162 Å². The molecule has 0 spiro atoms. The number of esters is 1. The van der Waals surface area contributed by atoms with Gasteiger partial charge in [-0.25, -0.2) is 4.79 Å². The summed E-state index contributed by atoms with van der Waals surface area (Å²) in [6.07, 6.45) is 1.38. The van der Waals surface area contributed by atoms with Crippen LogP contribution in [0, 0.1) is 0 Å². The van der Waals surface area contributed by atoms with Crippen LogP contribution in [0.15, 0.2) is 0 Å². The smallest absolute Gasteiger partial charge is 0.465 e. The van der Waals surface area contributed by atoms with Gasteiger partial charge in [-0.15, -0.1) is 5.06 Å². The van der Waals surface area contributed by atoms with E-state index in [2.05, 4.69) is 16.7 Å². The highest BCUT2D eigenvalue weighted by atomic mass is 16.8. The van der Waals surface area contributed by atoms with Crippen LogP contribution in [-0.4, -0.2) is 90.5 Å². The average molecular weight is 386 g/mol. The monoisotopic (exact) mass is 385 g/mol. The topological polar surface area (TPSA) is 71.5 Å². The Kier molecular flexibility index (Phi) is 7.47. The minimum Gasteiger partial charge on any atom is -0.465 e. The fraction of sp³-hybridized carbons (Fsp3) is 0.895. The maximum atomic E-state index is 11.8. The second-order valence-electron chi connectivity index (χ2n) is 8.55. The predicted molar refractivity (Wildman–Crippen MR) is 101 cm³/mol. The Bertz CT molecular complexity index is 504. The summed E-state index contributed by atoms with van der Waals surface area (Å²) in [4.78, 5) is 33.4. The molecule has 0 saturated carbocycles. The molecule has 2 aliphatic rings. The molecule has 0 atom stereocenters. The highest BCUT2D eigenvalue weighted by Gasteiger charge is 2.38. The van der Waals surface area contributed by atoms with Crippen LogP contribution in [0.4, 0.5) is 4.79 Å². The van der Waals surface area contributed by atoms with E-state index in [0.717, 1.165) is 39.0 Å². The van der Waals surface area contributed by atoms with Crippen LogP contribution in [0.5, 0.6) is 0 Å². The number of carbonyl (C=O) groups is 2. The van der Waals surface area contributed by atoms with Crippen LogP contribution >= 0.6 is 0 Å². The van der Waals surface area contributed by atoms with Gasteiger partial charge in [-0.2, -0.15) is 0 Å². The zero-order valence-electron chi connectivity index (χ0n) is 17.5.